The number of ether oxygens (including phenoxy) is 1. The van der Waals surface area contributed by atoms with Crippen LogP contribution in [0.3, 0.4) is 0 Å². The molecule has 0 saturated carbocycles. The van der Waals surface area contributed by atoms with Gasteiger partial charge in [-0.25, -0.2) is 5.84 Å². The van der Waals surface area contributed by atoms with Crippen molar-refractivity contribution in [3.05, 3.63) is 35.4 Å². The van der Waals surface area contributed by atoms with Gasteiger partial charge in [0, 0.05) is 24.7 Å². The number of benzene rings is 1. The highest BCUT2D eigenvalue weighted by Gasteiger charge is 2.18. The smallest absolute Gasteiger partial charge is 0.265 e. The van der Waals surface area contributed by atoms with Crippen molar-refractivity contribution >= 4 is 5.91 Å². The number of rotatable bonds is 3. The summed E-state index contributed by atoms with van der Waals surface area (Å²) in [5.74, 6) is 4.83. The summed E-state index contributed by atoms with van der Waals surface area (Å²) < 4.78 is 5.41. The fraction of sp³-hybridized carbons (Fsp3) is 0.462. The van der Waals surface area contributed by atoms with Gasteiger partial charge in [-0.15, -0.1) is 0 Å². The van der Waals surface area contributed by atoms with Gasteiger partial charge in [-0.05, 0) is 24.6 Å². The maximum atomic E-state index is 11.3. The highest BCUT2D eigenvalue weighted by Crippen LogP contribution is 2.12. The largest absolute Gasteiger partial charge is 0.379 e. The number of amides is 1. The van der Waals surface area contributed by atoms with E-state index >= 15 is 0 Å². The lowest BCUT2D eigenvalue weighted by molar-refractivity contribution is -0.00436. The van der Waals surface area contributed by atoms with E-state index in [2.05, 4.69) is 17.2 Å². The van der Waals surface area contributed by atoms with Crippen LogP contribution in [0.5, 0.6) is 0 Å². The van der Waals surface area contributed by atoms with Crippen LogP contribution in [0.25, 0.3) is 0 Å². The zero-order valence-electron chi connectivity index (χ0n) is 10.6. The molecule has 5 nitrogen and oxygen atoms in total. The molecular formula is C13H19N3O2. The molecule has 1 heterocycles. The highest BCUT2D eigenvalue weighted by atomic mass is 16.5. The van der Waals surface area contributed by atoms with E-state index in [1.165, 1.54) is 5.56 Å². The second-order valence-electron chi connectivity index (χ2n) is 4.56. The number of carbonyl (C=O) groups is 1. The van der Waals surface area contributed by atoms with E-state index in [1.807, 2.05) is 12.1 Å². The standard InChI is InChI=1S/C13H19N3O2/c1-10-9-18-7-6-16(10)8-11-2-4-12(5-3-11)13(17)15-14/h2-5,10H,6-9,14H2,1H3,(H,15,17). The number of nitrogens with one attached hydrogen (secondary N) is 1. The quantitative estimate of drug-likeness (QED) is 0.465. The molecule has 98 valence electrons. The van der Waals surface area contributed by atoms with E-state index in [1.54, 1.807) is 12.1 Å². The van der Waals surface area contributed by atoms with Gasteiger partial charge in [-0.2, -0.15) is 0 Å². The Bertz CT molecular complexity index is 405. The van der Waals surface area contributed by atoms with Crippen molar-refractivity contribution in [1.82, 2.24) is 10.3 Å². The molecule has 5 heteroatoms. The molecule has 1 unspecified atom stereocenters. The lowest BCUT2D eigenvalue weighted by Gasteiger charge is -2.33. The minimum absolute atomic E-state index is 0.263. The summed E-state index contributed by atoms with van der Waals surface area (Å²) in [5, 5.41) is 0. The van der Waals surface area contributed by atoms with E-state index in [0.717, 1.165) is 26.3 Å². The minimum atomic E-state index is -0.263. The van der Waals surface area contributed by atoms with Crippen LogP contribution in [-0.4, -0.2) is 36.6 Å². The first kappa shape index (κ1) is 13.0. The van der Waals surface area contributed by atoms with Crippen LogP contribution in [0.4, 0.5) is 0 Å². The number of morpholine rings is 1. The Morgan fingerprint density at radius 2 is 2.22 bits per heavy atom. The Hall–Kier alpha value is -1.43. The lowest BCUT2D eigenvalue weighted by atomic mass is 10.1. The predicted octanol–water partition coefficient (Wildman–Crippen LogP) is 0.511. The molecule has 0 bridgehead atoms. The van der Waals surface area contributed by atoms with E-state index in [-0.39, 0.29) is 5.91 Å². The van der Waals surface area contributed by atoms with Crippen molar-refractivity contribution in [2.75, 3.05) is 19.8 Å². The first-order valence-corrected chi connectivity index (χ1v) is 6.12. The van der Waals surface area contributed by atoms with Gasteiger partial charge in [0.25, 0.3) is 5.91 Å². The van der Waals surface area contributed by atoms with Crippen LogP contribution in [0.15, 0.2) is 24.3 Å². The van der Waals surface area contributed by atoms with Gasteiger partial charge in [0.1, 0.15) is 0 Å². The highest BCUT2D eigenvalue weighted by molar-refractivity contribution is 5.93. The summed E-state index contributed by atoms with van der Waals surface area (Å²) in [6.45, 7) is 5.57. The topological polar surface area (TPSA) is 67.6 Å². The number of nitrogen functional groups attached to an aromatic ring is 1. The third-order valence-corrected chi connectivity index (χ3v) is 3.24. The Labute approximate surface area is 107 Å². The number of nitrogens with two attached hydrogens (primary N) is 1. The summed E-state index contributed by atoms with van der Waals surface area (Å²) >= 11 is 0. The summed E-state index contributed by atoms with van der Waals surface area (Å²) in [7, 11) is 0. The maximum Gasteiger partial charge on any atom is 0.265 e. The molecule has 1 aliphatic heterocycles. The first-order valence-electron chi connectivity index (χ1n) is 6.12. The van der Waals surface area contributed by atoms with Gasteiger partial charge >= 0.3 is 0 Å². The molecule has 1 fully saturated rings. The van der Waals surface area contributed by atoms with Crippen molar-refractivity contribution in [2.24, 2.45) is 5.84 Å². The number of hydrazine groups is 1. The van der Waals surface area contributed by atoms with Gasteiger partial charge < -0.3 is 4.74 Å². The normalized spacial score (nSPS) is 20.7. The maximum absolute atomic E-state index is 11.3. The summed E-state index contributed by atoms with van der Waals surface area (Å²) in [4.78, 5) is 13.7. The lowest BCUT2D eigenvalue weighted by Crippen LogP contribution is -2.42. The van der Waals surface area contributed by atoms with Crippen LogP contribution >= 0.6 is 0 Å². The van der Waals surface area contributed by atoms with Crippen LogP contribution in [0, 0.1) is 0 Å². The van der Waals surface area contributed by atoms with Crippen molar-refractivity contribution in [2.45, 2.75) is 19.5 Å². The molecule has 1 atom stereocenters. The number of carbonyl (C=O) groups excluding carboxylic acids is 1. The zero-order valence-corrected chi connectivity index (χ0v) is 10.6. The average molecular weight is 249 g/mol. The number of nitrogens with zero attached hydrogens (tertiary/aromatic N) is 1. The molecule has 3 N–H and O–H groups in total. The molecule has 1 aromatic rings. The summed E-state index contributed by atoms with van der Waals surface area (Å²) in [6.07, 6.45) is 0. The average Bonchev–Trinajstić information content (AvgIpc) is 2.41. The third kappa shape index (κ3) is 3.07. The van der Waals surface area contributed by atoms with Crippen molar-refractivity contribution in [1.29, 1.82) is 0 Å². The SMILES string of the molecule is CC1COCCN1Cc1ccc(C(=O)NN)cc1. The number of hydrogen-bond donors (Lipinski definition) is 2. The Kier molecular flexibility index (Phi) is 4.30. The van der Waals surface area contributed by atoms with Gasteiger partial charge in [-0.1, -0.05) is 12.1 Å². The summed E-state index contributed by atoms with van der Waals surface area (Å²) in [5.41, 5.74) is 3.90. The Morgan fingerprint density at radius 3 is 2.83 bits per heavy atom. The molecular weight excluding hydrogens is 230 g/mol. The van der Waals surface area contributed by atoms with Crippen molar-refractivity contribution in [3.8, 4) is 0 Å². The van der Waals surface area contributed by atoms with Gasteiger partial charge in [-0.3, -0.25) is 15.1 Å². The first-order chi connectivity index (χ1) is 8.70. The second-order valence-corrected chi connectivity index (χ2v) is 4.56. The van der Waals surface area contributed by atoms with Gasteiger partial charge in [0.05, 0.1) is 13.2 Å². The predicted molar refractivity (Wildman–Crippen MR) is 68.8 cm³/mol. The molecule has 1 aliphatic rings. The van der Waals surface area contributed by atoms with Gasteiger partial charge in [0.2, 0.25) is 0 Å². The van der Waals surface area contributed by atoms with Crippen LogP contribution < -0.4 is 11.3 Å². The molecule has 1 saturated heterocycles. The molecule has 0 aliphatic carbocycles. The molecule has 1 amide bonds. The van der Waals surface area contributed by atoms with E-state index in [9.17, 15) is 4.79 Å². The zero-order chi connectivity index (χ0) is 13.0. The number of hydrogen-bond acceptors (Lipinski definition) is 4. The Morgan fingerprint density at radius 1 is 1.50 bits per heavy atom. The fourth-order valence-corrected chi connectivity index (χ4v) is 2.08. The molecule has 2 rings (SSSR count). The van der Waals surface area contributed by atoms with Crippen molar-refractivity contribution < 1.29 is 9.53 Å². The van der Waals surface area contributed by atoms with E-state index < -0.39 is 0 Å². The monoisotopic (exact) mass is 249 g/mol. The van der Waals surface area contributed by atoms with E-state index in [0.29, 0.717) is 11.6 Å². The fourth-order valence-electron chi connectivity index (χ4n) is 2.08. The molecule has 0 spiro atoms. The molecule has 1 aromatic carbocycles. The second kappa shape index (κ2) is 5.95. The summed E-state index contributed by atoms with van der Waals surface area (Å²) in [6, 6.07) is 7.95. The van der Waals surface area contributed by atoms with Crippen LogP contribution in [0.2, 0.25) is 0 Å². The van der Waals surface area contributed by atoms with Crippen LogP contribution in [0.1, 0.15) is 22.8 Å². The Balaban J connectivity index is 1.99. The van der Waals surface area contributed by atoms with Crippen LogP contribution in [-0.2, 0) is 11.3 Å². The molecule has 0 aromatic heterocycles. The molecule has 18 heavy (non-hydrogen) atoms. The third-order valence-electron chi connectivity index (χ3n) is 3.24. The van der Waals surface area contributed by atoms with Gasteiger partial charge in [0.15, 0.2) is 0 Å². The van der Waals surface area contributed by atoms with Crippen molar-refractivity contribution in [3.63, 3.8) is 0 Å². The molecule has 0 radical (unpaired) electrons. The van der Waals surface area contributed by atoms with E-state index in [4.69, 9.17) is 10.6 Å². The minimum Gasteiger partial charge on any atom is -0.379 e.